The molecule has 2 aromatic rings. The molecule has 0 bridgehead atoms. The highest BCUT2D eigenvalue weighted by Gasteiger charge is 2.15. The van der Waals surface area contributed by atoms with Gasteiger partial charge in [0, 0.05) is 6.42 Å². The SMILES string of the molecule is NCc1ccc(C(=O)Cc2ccc3c(c2)CCC3)o1. The molecule has 3 rings (SSSR count). The highest BCUT2D eigenvalue weighted by Crippen LogP contribution is 2.23. The van der Waals surface area contributed by atoms with Crippen LogP contribution in [0.3, 0.4) is 0 Å². The lowest BCUT2D eigenvalue weighted by atomic mass is 10.0. The van der Waals surface area contributed by atoms with Gasteiger partial charge in [-0.25, -0.2) is 0 Å². The number of carbonyl (C=O) groups is 1. The molecule has 1 aliphatic rings. The van der Waals surface area contributed by atoms with Crippen molar-refractivity contribution < 1.29 is 9.21 Å². The Morgan fingerprint density at radius 3 is 2.79 bits per heavy atom. The Balaban J connectivity index is 1.75. The van der Waals surface area contributed by atoms with Crippen molar-refractivity contribution in [2.75, 3.05) is 0 Å². The van der Waals surface area contributed by atoms with Crippen LogP contribution in [0.15, 0.2) is 34.7 Å². The number of nitrogens with two attached hydrogens (primary N) is 1. The fourth-order valence-electron chi connectivity index (χ4n) is 2.65. The van der Waals surface area contributed by atoms with Crippen LogP contribution in [-0.4, -0.2) is 5.78 Å². The molecule has 0 radical (unpaired) electrons. The summed E-state index contributed by atoms with van der Waals surface area (Å²) < 4.78 is 5.38. The highest BCUT2D eigenvalue weighted by atomic mass is 16.3. The van der Waals surface area contributed by atoms with E-state index in [0.717, 1.165) is 12.0 Å². The van der Waals surface area contributed by atoms with E-state index in [1.165, 1.54) is 24.0 Å². The van der Waals surface area contributed by atoms with E-state index in [2.05, 4.69) is 18.2 Å². The molecule has 2 N–H and O–H groups in total. The van der Waals surface area contributed by atoms with Gasteiger partial charge < -0.3 is 10.2 Å². The van der Waals surface area contributed by atoms with E-state index in [0.29, 0.717) is 24.5 Å². The van der Waals surface area contributed by atoms with Crippen LogP contribution in [0.25, 0.3) is 0 Å². The number of fused-ring (bicyclic) bond motifs is 1. The molecule has 0 atom stereocenters. The third-order valence-electron chi connectivity index (χ3n) is 3.67. The maximum Gasteiger partial charge on any atom is 0.202 e. The third kappa shape index (κ3) is 2.47. The molecule has 1 aromatic carbocycles. The molecule has 0 unspecified atom stereocenters. The molecule has 0 saturated heterocycles. The Bertz CT molecular complexity index is 613. The number of Topliss-reactive ketones (excluding diaryl/α,β-unsaturated/α-hetero) is 1. The molecule has 19 heavy (non-hydrogen) atoms. The molecule has 1 aromatic heterocycles. The van der Waals surface area contributed by atoms with Gasteiger partial charge in [0.15, 0.2) is 5.76 Å². The number of hydrogen-bond donors (Lipinski definition) is 1. The van der Waals surface area contributed by atoms with Crippen LogP contribution < -0.4 is 5.73 Å². The molecule has 0 amide bonds. The molecule has 3 nitrogen and oxygen atoms in total. The Labute approximate surface area is 112 Å². The van der Waals surface area contributed by atoms with Gasteiger partial charge in [0.05, 0.1) is 6.54 Å². The largest absolute Gasteiger partial charge is 0.457 e. The second-order valence-corrected chi connectivity index (χ2v) is 5.03. The number of benzene rings is 1. The van der Waals surface area contributed by atoms with Gasteiger partial charge in [-0.3, -0.25) is 4.79 Å². The number of rotatable bonds is 4. The molecular weight excluding hydrogens is 238 g/mol. The zero-order valence-corrected chi connectivity index (χ0v) is 10.8. The van der Waals surface area contributed by atoms with E-state index >= 15 is 0 Å². The van der Waals surface area contributed by atoms with Crippen LogP contribution in [0.5, 0.6) is 0 Å². The summed E-state index contributed by atoms with van der Waals surface area (Å²) in [6.07, 6.45) is 3.92. The van der Waals surface area contributed by atoms with Gasteiger partial charge in [-0.1, -0.05) is 18.2 Å². The van der Waals surface area contributed by atoms with Crippen LogP contribution in [0.1, 0.15) is 39.4 Å². The summed E-state index contributed by atoms with van der Waals surface area (Å²) in [4.78, 5) is 12.1. The summed E-state index contributed by atoms with van der Waals surface area (Å²) >= 11 is 0. The average Bonchev–Trinajstić information content (AvgIpc) is 3.06. The van der Waals surface area contributed by atoms with Crippen LogP contribution in [0.2, 0.25) is 0 Å². The van der Waals surface area contributed by atoms with Crippen molar-refractivity contribution in [1.82, 2.24) is 0 Å². The monoisotopic (exact) mass is 255 g/mol. The number of aryl methyl sites for hydroxylation is 2. The Morgan fingerprint density at radius 1 is 1.16 bits per heavy atom. The van der Waals surface area contributed by atoms with E-state index in [1.54, 1.807) is 12.1 Å². The predicted octanol–water partition coefficient (Wildman–Crippen LogP) is 2.65. The first-order valence-electron chi connectivity index (χ1n) is 6.69. The molecule has 1 aliphatic carbocycles. The summed E-state index contributed by atoms with van der Waals surface area (Å²) in [5.74, 6) is 1.07. The topological polar surface area (TPSA) is 56.2 Å². The second-order valence-electron chi connectivity index (χ2n) is 5.03. The van der Waals surface area contributed by atoms with Crippen molar-refractivity contribution >= 4 is 5.78 Å². The molecule has 1 heterocycles. The van der Waals surface area contributed by atoms with Gasteiger partial charge in [0.1, 0.15) is 5.76 Å². The third-order valence-corrected chi connectivity index (χ3v) is 3.67. The van der Waals surface area contributed by atoms with E-state index in [4.69, 9.17) is 10.2 Å². The summed E-state index contributed by atoms with van der Waals surface area (Å²) in [5.41, 5.74) is 9.36. The Morgan fingerprint density at radius 2 is 2.00 bits per heavy atom. The average molecular weight is 255 g/mol. The zero-order chi connectivity index (χ0) is 13.2. The van der Waals surface area contributed by atoms with Crippen LogP contribution in [0.4, 0.5) is 0 Å². The molecule has 0 fully saturated rings. The first-order valence-corrected chi connectivity index (χ1v) is 6.69. The molecule has 0 saturated carbocycles. The quantitative estimate of drug-likeness (QED) is 0.854. The van der Waals surface area contributed by atoms with E-state index in [-0.39, 0.29) is 5.78 Å². The number of furan rings is 1. The normalized spacial score (nSPS) is 13.5. The van der Waals surface area contributed by atoms with Gasteiger partial charge in [-0.05, 0) is 48.1 Å². The minimum absolute atomic E-state index is 0.0117. The molecule has 3 heteroatoms. The van der Waals surface area contributed by atoms with Crippen LogP contribution >= 0.6 is 0 Å². The lowest BCUT2D eigenvalue weighted by Crippen LogP contribution is -2.03. The zero-order valence-electron chi connectivity index (χ0n) is 10.8. The highest BCUT2D eigenvalue weighted by molar-refractivity contribution is 5.95. The fraction of sp³-hybridized carbons (Fsp3) is 0.312. The molecular formula is C16H17NO2. The van der Waals surface area contributed by atoms with Crippen LogP contribution in [-0.2, 0) is 25.8 Å². The summed E-state index contributed by atoms with van der Waals surface area (Å²) in [7, 11) is 0. The standard InChI is InChI=1S/C16H17NO2/c17-10-14-6-7-16(19-14)15(18)9-11-4-5-12-2-1-3-13(12)8-11/h4-8H,1-3,9-10,17H2. The van der Waals surface area contributed by atoms with Gasteiger partial charge in [0.25, 0.3) is 0 Å². The summed E-state index contributed by atoms with van der Waals surface area (Å²) in [6.45, 7) is 0.326. The van der Waals surface area contributed by atoms with E-state index < -0.39 is 0 Å². The Hall–Kier alpha value is -1.87. The van der Waals surface area contributed by atoms with Crippen molar-refractivity contribution in [3.05, 3.63) is 58.5 Å². The van der Waals surface area contributed by atoms with Gasteiger partial charge in [0.2, 0.25) is 5.78 Å². The maximum absolute atomic E-state index is 12.1. The van der Waals surface area contributed by atoms with Crippen molar-refractivity contribution in [2.24, 2.45) is 5.73 Å². The van der Waals surface area contributed by atoms with Crippen molar-refractivity contribution in [1.29, 1.82) is 0 Å². The molecule has 0 aliphatic heterocycles. The number of ketones is 1. The predicted molar refractivity (Wildman–Crippen MR) is 73.1 cm³/mol. The summed E-state index contributed by atoms with van der Waals surface area (Å²) in [5, 5.41) is 0. The minimum Gasteiger partial charge on any atom is -0.457 e. The van der Waals surface area contributed by atoms with Crippen molar-refractivity contribution in [3.8, 4) is 0 Å². The first-order chi connectivity index (χ1) is 9.26. The lowest BCUT2D eigenvalue weighted by molar-refractivity contribution is 0.0964. The number of carbonyl (C=O) groups excluding carboxylic acids is 1. The summed E-state index contributed by atoms with van der Waals surface area (Å²) in [6, 6.07) is 9.83. The Kier molecular flexibility index (Phi) is 3.22. The fourth-order valence-corrected chi connectivity index (χ4v) is 2.65. The maximum atomic E-state index is 12.1. The van der Waals surface area contributed by atoms with Gasteiger partial charge in [-0.2, -0.15) is 0 Å². The van der Waals surface area contributed by atoms with Gasteiger partial charge in [-0.15, -0.1) is 0 Å². The van der Waals surface area contributed by atoms with Crippen molar-refractivity contribution in [3.63, 3.8) is 0 Å². The minimum atomic E-state index is 0.0117. The molecule has 0 spiro atoms. The van der Waals surface area contributed by atoms with Crippen LogP contribution in [0, 0.1) is 0 Å². The smallest absolute Gasteiger partial charge is 0.202 e. The lowest BCUT2D eigenvalue weighted by Gasteiger charge is -2.03. The van der Waals surface area contributed by atoms with E-state index in [1.807, 2.05) is 0 Å². The first kappa shape index (κ1) is 12.2. The van der Waals surface area contributed by atoms with E-state index in [9.17, 15) is 4.79 Å². The second kappa shape index (κ2) is 5.02. The van der Waals surface area contributed by atoms with Crippen molar-refractivity contribution in [2.45, 2.75) is 32.2 Å². The van der Waals surface area contributed by atoms with Gasteiger partial charge >= 0.3 is 0 Å². The molecule has 98 valence electrons. The number of hydrogen-bond acceptors (Lipinski definition) is 3.